The molecule has 1 aromatic rings. The monoisotopic (exact) mass is 293 g/mol. The molecule has 0 heterocycles. The maximum Gasteiger partial charge on any atom is 0.320 e. The van der Waals surface area contributed by atoms with E-state index in [2.05, 4.69) is 10.4 Å². The van der Waals surface area contributed by atoms with Crippen LogP contribution in [-0.2, 0) is 9.53 Å². The van der Waals surface area contributed by atoms with Crippen LogP contribution in [0.3, 0.4) is 0 Å². The number of hydrogen-bond donors (Lipinski definition) is 3. The summed E-state index contributed by atoms with van der Waals surface area (Å²) < 4.78 is 5.24. The second kappa shape index (κ2) is 7.75. The third kappa shape index (κ3) is 6.87. The number of hydrazone groups is 1. The number of carbonyl (C=O) groups excluding carboxylic acids is 1. The van der Waals surface area contributed by atoms with E-state index in [1.165, 1.54) is 6.21 Å². The molecule has 0 spiro atoms. The van der Waals surface area contributed by atoms with Crippen LogP contribution >= 0.6 is 0 Å². The zero-order chi connectivity index (χ0) is 15.9. The van der Waals surface area contributed by atoms with Crippen molar-refractivity contribution in [1.82, 2.24) is 10.9 Å². The Bertz CT molecular complexity index is 495. The van der Waals surface area contributed by atoms with Gasteiger partial charge in [-0.2, -0.15) is 10.7 Å². The van der Waals surface area contributed by atoms with Gasteiger partial charge in [0.05, 0.1) is 12.8 Å². The Hall–Kier alpha value is -1.92. The quantitative estimate of drug-likeness (QED) is 0.424. The summed E-state index contributed by atoms with van der Waals surface area (Å²) in [6.45, 7) is 7.63. The minimum Gasteiger partial charge on any atom is -0.459 e. The molecule has 0 saturated carbocycles. The Morgan fingerprint density at radius 2 is 2.19 bits per heavy atom. The van der Waals surface area contributed by atoms with Crippen LogP contribution in [0.15, 0.2) is 29.4 Å². The van der Waals surface area contributed by atoms with Crippen LogP contribution in [0.2, 0.25) is 0 Å². The summed E-state index contributed by atoms with van der Waals surface area (Å²) in [5, 5.41) is 15.1. The highest BCUT2D eigenvalue weighted by Gasteiger charge is 2.16. The maximum absolute atomic E-state index is 11.7. The van der Waals surface area contributed by atoms with Gasteiger partial charge in [0, 0.05) is 6.04 Å². The number of ether oxygens (including phenoxy) is 1. The second-order valence-electron chi connectivity index (χ2n) is 5.72. The number of esters is 1. The lowest BCUT2D eigenvalue weighted by Gasteiger charge is -2.21. The standard InChI is InChI=1S/C15H23N3O3/c1-11(16-10-14(19)21-15(2,3)4)13-7-5-6-12(8-13)9-17-18-20/h5-9,11,16,18,20H,10H2,1-4H3/b17-9-/t11-/m0/s1. The van der Waals surface area contributed by atoms with Crippen LogP contribution in [0, 0.1) is 0 Å². The molecule has 0 bridgehead atoms. The van der Waals surface area contributed by atoms with Gasteiger partial charge in [-0.05, 0) is 44.9 Å². The molecule has 0 radical (unpaired) electrons. The van der Waals surface area contributed by atoms with E-state index < -0.39 is 5.60 Å². The Morgan fingerprint density at radius 1 is 1.48 bits per heavy atom. The molecule has 1 aromatic carbocycles. The molecule has 0 unspecified atom stereocenters. The lowest BCUT2D eigenvalue weighted by Crippen LogP contribution is -2.32. The summed E-state index contributed by atoms with van der Waals surface area (Å²) in [4.78, 5) is 11.7. The molecule has 6 heteroatoms. The first kappa shape index (κ1) is 17.1. The Labute approximate surface area is 125 Å². The van der Waals surface area contributed by atoms with Crippen molar-refractivity contribution in [2.45, 2.75) is 39.3 Å². The summed E-state index contributed by atoms with van der Waals surface area (Å²) in [6, 6.07) is 7.63. The van der Waals surface area contributed by atoms with Crippen LogP contribution in [0.1, 0.15) is 44.9 Å². The molecule has 116 valence electrons. The van der Waals surface area contributed by atoms with Crippen LogP contribution in [0.25, 0.3) is 0 Å². The molecular weight excluding hydrogens is 270 g/mol. The molecule has 6 nitrogen and oxygen atoms in total. The molecule has 0 aliphatic carbocycles. The van der Waals surface area contributed by atoms with Crippen molar-refractivity contribution in [3.8, 4) is 0 Å². The fraction of sp³-hybridized carbons (Fsp3) is 0.467. The van der Waals surface area contributed by atoms with E-state index in [9.17, 15) is 4.79 Å². The largest absolute Gasteiger partial charge is 0.459 e. The van der Waals surface area contributed by atoms with Gasteiger partial charge < -0.3 is 10.1 Å². The normalized spacial score (nSPS) is 13.2. The fourth-order valence-corrected chi connectivity index (χ4v) is 1.74. The summed E-state index contributed by atoms with van der Waals surface area (Å²) >= 11 is 0. The van der Waals surface area contributed by atoms with Crippen LogP contribution in [-0.4, -0.2) is 29.5 Å². The predicted octanol–water partition coefficient (Wildman–Crippen LogP) is 1.99. The Balaban J connectivity index is 2.57. The van der Waals surface area contributed by atoms with Crippen LogP contribution in [0.4, 0.5) is 0 Å². The SMILES string of the molecule is C[C@H](NCC(=O)OC(C)(C)C)c1cccc(/C=N\NO)c1. The maximum atomic E-state index is 11.7. The first-order valence-electron chi connectivity index (χ1n) is 6.79. The average Bonchev–Trinajstić information content (AvgIpc) is 2.41. The topological polar surface area (TPSA) is 83.0 Å². The van der Waals surface area contributed by atoms with E-state index >= 15 is 0 Å². The number of carbonyl (C=O) groups is 1. The Kier molecular flexibility index (Phi) is 6.33. The molecule has 0 amide bonds. The third-order valence-corrected chi connectivity index (χ3v) is 2.65. The molecule has 0 aromatic heterocycles. The van der Waals surface area contributed by atoms with Gasteiger partial charge in [0.15, 0.2) is 0 Å². The zero-order valence-electron chi connectivity index (χ0n) is 12.9. The number of nitrogens with zero attached hydrogens (tertiary/aromatic N) is 1. The van der Waals surface area contributed by atoms with Gasteiger partial charge >= 0.3 is 5.97 Å². The van der Waals surface area contributed by atoms with E-state index in [-0.39, 0.29) is 18.6 Å². The van der Waals surface area contributed by atoms with E-state index in [4.69, 9.17) is 9.94 Å². The molecule has 21 heavy (non-hydrogen) atoms. The predicted molar refractivity (Wildman–Crippen MR) is 81.2 cm³/mol. The van der Waals surface area contributed by atoms with Crippen molar-refractivity contribution in [3.05, 3.63) is 35.4 Å². The van der Waals surface area contributed by atoms with Crippen molar-refractivity contribution in [1.29, 1.82) is 0 Å². The van der Waals surface area contributed by atoms with Crippen molar-refractivity contribution in [2.75, 3.05) is 6.54 Å². The molecule has 0 fully saturated rings. The van der Waals surface area contributed by atoms with E-state index in [1.54, 1.807) is 5.59 Å². The van der Waals surface area contributed by atoms with E-state index in [0.717, 1.165) is 11.1 Å². The van der Waals surface area contributed by atoms with E-state index in [1.807, 2.05) is 52.0 Å². The summed E-state index contributed by atoms with van der Waals surface area (Å²) in [5.74, 6) is -0.281. The van der Waals surface area contributed by atoms with Crippen LogP contribution < -0.4 is 10.9 Å². The van der Waals surface area contributed by atoms with Crippen molar-refractivity contribution < 1.29 is 14.7 Å². The molecular formula is C15H23N3O3. The van der Waals surface area contributed by atoms with Gasteiger partial charge in [-0.25, -0.2) is 0 Å². The van der Waals surface area contributed by atoms with Gasteiger partial charge in [-0.3, -0.25) is 10.0 Å². The van der Waals surface area contributed by atoms with Gasteiger partial charge in [0.25, 0.3) is 0 Å². The summed E-state index contributed by atoms with van der Waals surface area (Å²) in [5.41, 5.74) is 3.10. The highest BCUT2D eigenvalue weighted by molar-refractivity contribution is 5.79. The number of benzene rings is 1. The molecule has 1 rings (SSSR count). The molecule has 1 atom stereocenters. The van der Waals surface area contributed by atoms with Crippen molar-refractivity contribution >= 4 is 12.2 Å². The second-order valence-corrected chi connectivity index (χ2v) is 5.72. The molecule has 3 N–H and O–H groups in total. The van der Waals surface area contributed by atoms with Gasteiger partial charge in [-0.15, -0.1) is 0 Å². The number of hydrogen-bond acceptors (Lipinski definition) is 6. The average molecular weight is 293 g/mol. The first-order valence-corrected chi connectivity index (χ1v) is 6.79. The van der Waals surface area contributed by atoms with Gasteiger partial charge in [-0.1, -0.05) is 18.2 Å². The lowest BCUT2D eigenvalue weighted by atomic mass is 10.1. The van der Waals surface area contributed by atoms with Crippen molar-refractivity contribution in [2.24, 2.45) is 5.10 Å². The zero-order valence-corrected chi connectivity index (χ0v) is 12.9. The first-order chi connectivity index (χ1) is 9.81. The fourth-order valence-electron chi connectivity index (χ4n) is 1.74. The summed E-state index contributed by atoms with van der Waals surface area (Å²) in [6.07, 6.45) is 1.50. The minimum absolute atomic E-state index is 0.00652. The van der Waals surface area contributed by atoms with Crippen molar-refractivity contribution in [3.63, 3.8) is 0 Å². The number of nitrogens with one attached hydrogen (secondary N) is 2. The smallest absolute Gasteiger partial charge is 0.320 e. The van der Waals surface area contributed by atoms with E-state index in [0.29, 0.717) is 0 Å². The van der Waals surface area contributed by atoms with Crippen LogP contribution in [0.5, 0.6) is 0 Å². The number of rotatable bonds is 6. The highest BCUT2D eigenvalue weighted by atomic mass is 16.6. The molecule has 0 aliphatic heterocycles. The minimum atomic E-state index is -0.477. The third-order valence-electron chi connectivity index (χ3n) is 2.65. The van der Waals surface area contributed by atoms with Gasteiger partial charge in [0.1, 0.15) is 5.60 Å². The highest BCUT2D eigenvalue weighted by Crippen LogP contribution is 2.13. The Morgan fingerprint density at radius 3 is 2.81 bits per heavy atom. The molecule has 0 aliphatic rings. The summed E-state index contributed by atoms with van der Waals surface area (Å²) in [7, 11) is 0. The molecule has 0 saturated heterocycles. The van der Waals surface area contributed by atoms with Gasteiger partial charge in [0.2, 0.25) is 0 Å². The lowest BCUT2D eigenvalue weighted by molar-refractivity contribution is -0.153.